The monoisotopic (exact) mass is 202 g/mol. The molecule has 1 N–H and O–H groups in total. The predicted molar refractivity (Wildman–Crippen MR) is 52.8 cm³/mol. The average molecular weight is 202 g/mol. The van der Waals surface area contributed by atoms with Crippen molar-refractivity contribution >= 4 is 11.8 Å². The van der Waals surface area contributed by atoms with E-state index in [1.165, 1.54) is 7.11 Å². The first-order chi connectivity index (χ1) is 6.65. The number of ether oxygens (including phenoxy) is 1. The molecule has 0 radical (unpaired) electrons. The van der Waals surface area contributed by atoms with Crippen molar-refractivity contribution in [2.24, 2.45) is 0 Å². The maximum Gasteiger partial charge on any atom is 0.246 e. The Kier molecular flexibility index (Phi) is 6.74. The number of methoxy groups -OCH3 is 1. The van der Waals surface area contributed by atoms with Crippen LogP contribution >= 0.6 is 0 Å². The molecule has 0 aliphatic carbocycles. The molecule has 5 nitrogen and oxygen atoms in total. The fourth-order valence-corrected chi connectivity index (χ4v) is 1.04. The summed E-state index contributed by atoms with van der Waals surface area (Å²) in [6.07, 6.45) is 0. The van der Waals surface area contributed by atoms with Gasteiger partial charge < -0.3 is 15.0 Å². The van der Waals surface area contributed by atoms with Gasteiger partial charge in [0.1, 0.15) is 6.61 Å². The normalized spacial score (nSPS) is 9.64. The van der Waals surface area contributed by atoms with E-state index in [9.17, 15) is 9.59 Å². The van der Waals surface area contributed by atoms with Crippen molar-refractivity contribution in [3.05, 3.63) is 0 Å². The number of hydrogen-bond donors (Lipinski definition) is 1. The van der Waals surface area contributed by atoms with Crippen molar-refractivity contribution in [1.82, 2.24) is 10.2 Å². The minimum atomic E-state index is -0.270. The van der Waals surface area contributed by atoms with Crippen molar-refractivity contribution < 1.29 is 14.3 Å². The van der Waals surface area contributed by atoms with Crippen LogP contribution in [-0.2, 0) is 14.3 Å². The molecule has 0 saturated carbocycles. The summed E-state index contributed by atoms with van der Waals surface area (Å²) in [5, 5.41) is 2.48. The number of carbonyl (C=O) groups excluding carboxylic acids is 2. The molecule has 0 heterocycles. The maximum absolute atomic E-state index is 11.4. The van der Waals surface area contributed by atoms with E-state index >= 15 is 0 Å². The summed E-state index contributed by atoms with van der Waals surface area (Å²) in [6.45, 7) is 5.16. The molecule has 2 amide bonds. The Morgan fingerprint density at radius 1 is 1.29 bits per heavy atom. The van der Waals surface area contributed by atoms with Crippen molar-refractivity contribution in [3.63, 3.8) is 0 Å². The van der Waals surface area contributed by atoms with Crippen LogP contribution in [0.15, 0.2) is 0 Å². The van der Waals surface area contributed by atoms with Crippen molar-refractivity contribution in [3.8, 4) is 0 Å². The zero-order valence-corrected chi connectivity index (χ0v) is 9.00. The van der Waals surface area contributed by atoms with Gasteiger partial charge in [-0.15, -0.1) is 0 Å². The van der Waals surface area contributed by atoms with E-state index in [2.05, 4.69) is 10.1 Å². The lowest BCUT2D eigenvalue weighted by molar-refractivity contribution is -0.133. The van der Waals surface area contributed by atoms with Gasteiger partial charge in [0, 0.05) is 20.2 Å². The van der Waals surface area contributed by atoms with Gasteiger partial charge in [-0.1, -0.05) is 0 Å². The highest BCUT2D eigenvalue weighted by molar-refractivity contribution is 5.85. The zero-order valence-electron chi connectivity index (χ0n) is 9.00. The largest absolute Gasteiger partial charge is 0.375 e. The van der Waals surface area contributed by atoms with Crippen molar-refractivity contribution in [2.75, 3.05) is 33.4 Å². The highest BCUT2D eigenvalue weighted by Gasteiger charge is 2.10. The summed E-state index contributed by atoms with van der Waals surface area (Å²) in [4.78, 5) is 24.0. The highest BCUT2D eigenvalue weighted by Crippen LogP contribution is 1.87. The molecule has 0 spiro atoms. The van der Waals surface area contributed by atoms with Gasteiger partial charge >= 0.3 is 0 Å². The standard InChI is InChI=1S/C9H18N2O3/c1-4-11(5-2)9(13)6-10-8(12)7-14-3/h4-7H2,1-3H3,(H,10,12). The van der Waals surface area contributed by atoms with Gasteiger partial charge in [-0.25, -0.2) is 0 Å². The Bertz CT molecular complexity index is 190. The number of likely N-dealkylation sites (N-methyl/N-ethyl adjacent to an activating group) is 1. The Balaban J connectivity index is 3.77. The van der Waals surface area contributed by atoms with E-state index in [1.54, 1.807) is 4.90 Å². The van der Waals surface area contributed by atoms with Crippen LogP contribution in [0.5, 0.6) is 0 Å². The summed E-state index contributed by atoms with van der Waals surface area (Å²) in [5.74, 6) is -0.340. The van der Waals surface area contributed by atoms with Crippen LogP contribution in [0.25, 0.3) is 0 Å². The number of nitrogens with one attached hydrogen (secondary N) is 1. The molecule has 0 aliphatic rings. The molecule has 0 fully saturated rings. The zero-order chi connectivity index (χ0) is 11.0. The second kappa shape index (κ2) is 7.32. The van der Waals surface area contributed by atoms with Gasteiger partial charge in [-0.2, -0.15) is 0 Å². The fraction of sp³-hybridized carbons (Fsp3) is 0.778. The van der Waals surface area contributed by atoms with E-state index in [0.717, 1.165) is 0 Å². The number of rotatable bonds is 6. The smallest absolute Gasteiger partial charge is 0.246 e. The van der Waals surface area contributed by atoms with E-state index in [4.69, 9.17) is 0 Å². The fourth-order valence-electron chi connectivity index (χ4n) is 1.04. The molecule has 5 heteroatoms. The molecular weight excluding hydrogens is 184 g/mol. The molecule has 0 atom stereocenters. The Morgan fingerprint density at radius 2 is 1.86 bits per heavy atom. The SMILES string of the molecule is CCN(CC)C(=O)CNC(=O)COC. The molecule has 0 rings (SSSR count). The minimum absolute atomic E-state index is 0.00840. The van der Waals surface area contributed by atoms with Crippen LogP contribution in [0.2, 0.25) is 0 Å². The van der Waals surface area contributed by atoms with Gasteiger partial charge in [0.15, 0.2) is 0 Å². The Labute approximate surface area is 84.4 Å². The topological polar surface area (TPSA) is 58.6 Å². The first-order valence-corrected chi connectivity index (χ1v) is 4.69. The lowest BCUT2D eigenvalue weighted by Crippen LogP contribution is -2.40. The molecule has 0 aliphatic heterocycles. The van der Waals surface area contributed by atoms with Gasteiger partial charge in [-0.05, 0) is 13.8 Å². The Morgan fingerprint density at radius 3 is 2.29 bits per heavy atom. The quantitative estimate of drug-likeness (QED) is 0.638. The summed E-state index contributed by atoms with van der Waals surface area (Å²) in [7, 11) is 1.44. The summed E-state index contributed by atoms with van der Waals surface area (Å²) in [6, 6.07) is 0. The van der Waals surface area contributed by atoms with Crippen LogP contribution < -0.4 is 5.32 Å². The van der Waals surface area contributed by atoms with Crippen LogP contribution in [0.4, 0.5) is 0 Å². The maximum atomic E-state index is 11.4. The molecule has 0 bridgehead atoms. The van der Waals surface area contributed by atoms with Crippen LogP contribution in [0.1, 0.15) is 13.8 Å². The molecule has 0 aromatic carbocycles. The third kappa shape index (κ3) is 4.81. The highest BCUT2D eigenvalue weighted by atomic mass is 16.5. The molecule has 0 aromatic heterocycles. The van der Waals surface area contributed by atoms with Crippen LogP contribution in [0.3, 0.4) is 0 Å². The van der Waals surface area contributed by atoms with Crippen LogP contribution in [0, 0.1) is 0 Å². The minimum Gasteiger partial charge on any atom is -0.375 e. The van der Waals surface area contributed by atoms with Gasteiger partial charge in [-0.3, -0.25) is 9.59 Å². The molecule has 0 unspecified atom stereocenters. The molecule has 0 aromatic rings. The third-order valence-corrected chi connectivity index (χ3v) is 1.83. The second-order valence-corrected chi connectivity index (χ2v) is 2.78. The lowest BCUT2D eigenvalue weighted by Gasteiger charge is -2.18. The van der Waals surface area contributed by atoms with E-state index in [1.807, 2.05) is 13.8 Å². The molecule has 82 valence electrons. The van der Waals surface area contributed by atoms with E-state index < -0.39 is 0 Å². The first-order valence-electron chi connectivity index (χ1n) is 4.69. The summed E-state index contributed by atoms with van der Waals surface area (Å²) in [5.41, 5.74) is 0. The summed E-state index contributed by atoms with van der Waals surface area (Å²) >= 11 is 0. The number of amides is 2. The van der Waals surface area contributed by atoms with E-state index in [-0.39, 0.29) is 25.0 Å². The third-order valence-electron chi connectivity index (χ3n) is 1.83. The van der Waals surface area contributed by atoms with Gasteiger partial charge in [0.25, 0.3) is 0 Å². The van der Waals surface area contributed by atoms with Gasteiger partial charge in [0.2, 0.25) is 11.8 Å². The average Bonchev–Trinajstić information content (AvgIpc) is 2.17. The van der Waals surface area contributed by atoms with Crippen LogP contribution in [-0.4, -0.2) is 50.1 Å². The first kappa shape index (κ1) is 12.9. The van der Waals surface area contributed by atoms with E-state index in [0.29, 0.717) is 13.1 Å². The number of carbonyl (C=O) groups is 2. The summed E-state index contributed by atoms with van der Waals surface area (Å²) < 4.78 is 4.61. The van der Waals surface area contributed by atoms with Crippen molar-refractivity contribution in [2.45, 2.75) is 13.8 Å². The lowest BCUT2D eigenvalue weighted by atomic mass is 10.4. The molecule has 0 saturated heterocycles. The molecular formula is C9H18N2O3. The molecule has 14 heavy (non-hydrogen) atoms. The Hall–Kier alpha value is -1.10. The van der Waals surface area contributed by atoms with Gasteiger partial charge in [0.05, 0.1) is 6.54 Å². The second-order valence-electron chi connectivity index (χ2n) is 2.78. The number of nitrogens with zero attached hydrogens (tertiary/aromatic N) is 1. The van der Waals surface area contributed by atoms with Crippen molar-refractivity contribution in [1.29, 1.82) is 0 Å². The number of hydrogen-bond acceptors (Lipinski definition) is 3. The predicted octanol–water partition coefficient (Wildman–Crippen LogP) is -0.383.